The predicted octanol–water partition coefficient (Wildman–Crippen LogP) is 5.51. The molecular formula is C20H30Se. The molecule has 116 valence electrons. The van der Waals surface area contributed by atoms with Gasteiger partial charge in [0.05, 0.1) is 0 Å². The first kappa shape index (κ1) is 14.6. The van der Waals surface area contributed by atoms with Gasteiger partial charge in [0.2, 0.25) is 0 Å². The van der Waals surface area contributed by atoms with Gasteiger partial charge >= 0.3 is 137 Å². The molecule has 0 radical (unpaired) electrons. The van der Waals surface area contributed by atoms with Gasteiger partial charge in [-0.1, -0.05) is 0 Å². The Bertz CT molecular complexity index is 462. The van der Waals surface area contributed by atoms with E-state index in [2.05, 4.69) is 39.8 Å². The second kappa shape index (κ2) is 4.75. The van der Waals surface area contributed by atoms with Crippen LogP contribution in [-0.4, -0.2) is 15.0 Å². The molecule has 2 saturated carbocycles. The van der Waals surface area contributed by atoms with Gasteiger partial charge in [0.1, 0.15) is 0 Å². The summed E-state index contributed by atoms with van der Waals surface area (Å²) in [6, 6.07) is 0. The van der Waals surface area contributed by atoms with Crippen molar-refractivity contribution in [3.8, 4) is 0 Å². The monoisotopic (exact) mass is 350 g/mol. The van der Waals surface area contributed by atoms with Gasteiger partial charge in [0.25, 0.3) is 0 Å². The molecule has 21 heavy (non-hydrogen) atoms. The van der Waals surface area contributed by atoms with Crippen molar-refractivity contribution in [2.24, 2.45) is 34.5 Å². The molecule has 6 aliphatic rings. The number of hydrogen-bond donors (Lipinski definition) is 0. The predicted molar refractivity (Wildman–Crippen MR) is 91.5 cm³/mol. The van der Waals surface area contributed by atoms with Gasteiger partial charge in [-0.05, 0) is 0 Å². The average Bonchev–Trinajstić information content (AvgIpc) is 2.47. The maximum atomic E-state index is 2.62. The fraction of sp³-hybridized carbons (Fsp3) is 0.800. The first-order valence-electron chi connectivity index (χ1n) is 8.86. The second-order valence-corrected chi connectivity index (χ2v) is 11.2. The van der Waals surface area contributed by atoms with Crippen molar-refractivity contribution in [2.75, 3.05) is 0 Å². The first-order valence-corrected chi connectivity index (χ1v) is 11.3. The Hall–Kier alpha value is -0.000519. The fourth-order valence-electron chi connectivity index (χ4n) is 5.57. The molecular weight excluding hydrogens is 319 g/mol. The summed E-state index contributed by atoms with van der Waals surface area (Å²) in [6.45, 7) is 10.0. The van der Waals surface area contributed by atoms with Crippen LogP contribution >= 0.6 is 0 Å². The Labute approximate surface area is 137 Å². The zero-order valence-corrected chi connectivity index (χ0v) is 15.8. The summed E-state index contributed by atoms with van der Waals surface area (Å²) >= 11 is 0.800. The van der Waals surface area contributed by atoms with Crippen molar-refractivity contribution < 1.29 is 0 Å². The van der Waals surface area contributed by atoms with E-state index in [1.807, 2.05) is 11.1 Å². The van der Waals surface area contributed by atoms with Crippen LogP contribution in [0.3, 0.4) is 0 Å². The molecule has 2 fully saturated rings. The average molecular weight is 349 g/mol. The Morgan fingerprint density at radius 3 is 1.62 bits per heavy atom. The van der Waals surface area contributed by atoms with E-state index in [-0.39, 0.29) is 0 Å². The van der Waals surface area contributed by atoms with Gasteiger partial charge in [-0.15, -0.1) is 0 Å². The van der Waals surface area contributed by atoms with Crippen molar-refractivity contribution >= 4 is 15.0 Å². The van der Waals surface area contributed by atoms with Gasteiger partial charge in [0, 0.05) is 0 Å². The molecule has 1 heteroatoms. The van der Waals surface area contributed by atoms with E-state index >= 15 is 0 Å². The third kappa shape index (κ3) is 2.07. The summed E-state index contributed by atoms with van der Waals surface area (Å²) in [5.74, 6) is 3.85. The minimum absolute atomic E-state index is 0.619. The molecule has 4 bridgehead atoms. The van der Waals surface area contributed by atoms with Crippen LogP contribution in [0.15, 0.2) is 23.3 Å². The Kier molecular flexibility index (Phi) is 3.30. The van der Waals surface area contributed by atoms with E-state index in [0.717, 1.165) is 38.6 Å². The zero-order chi connectivity index (χ0) is 14.8. The number of allylic oxidation sites excluding steroid dienone is 4. The van der Waals surface area contributed by atoms with Gasteiger partial charge in [-0.25, -0.2) is 0 Å². The zero-order valence-electron chi connectivity index (χ0n) is 14.1. The quantitative estimate of drug-likeness (QED) is 0.464. The SMILES string of the molecule is CC1(C)[C@H]2CC=C(C[Se]CC3=CC[C@H]4C[C@@H]3C4(C)C)[C@@H]1C2. The molecule has 0 aromatic carbocycles. The van der Waals surface area contributed by atoms with E-state index in [0.29, 0.717) is 10.8 Å². The summed E-state index contributed by atoms with van der Waals surface area (Å²) in [6.07, 6.45) is 11.0. The summed E-state index contributed by atoms with van der Waals surface area (Å²) < 4.78 is 0. The van der Waals surface area contributed by atoms with Crippen LogP contribution in [0.2, 0.25) is 10.6 Å². The molecule has 0 aliphatic heterocycles. The summed E-state index contributed by atoms with van der Waals surface area (Å²) in [5, 5.41) is 2.86. The first-order chi connectivity index (χ1) is 9.90. The Morgan fingerprint density at radius 2 is 1.29 bits per heavy atom. The van der Waals surface area contributed by atoms with Crippen LogP contribution in [0.1, 0.15) is 53.4 Å². The molecule has 4 atom stereocenters. The van der Waals surface area contributed by atoms with Gasteiger partial charge < -0.3 is 0 Å². The molecule has 0 unspecified atom stereocenters. The third-order valence-corrected chi connectivity index (χ3v) is 9.96. The van der Waals surface area contributed by atoms with Gasteiger partial charge in [-0.2, -0.15) is 0 Å². The topological polar surface area (TPSA) is 0 Å². The normalized spacial score (nSPS) is 41.5. The van der Waals surface area contributed by atoms with Gasteiger partial charge in [-0.3, -0.25) is 0 Å². The van der Waals surface area contributed by atoms with E-state index in [4.69, 9.17) is 0 Å². The molecule has 0 N–H and O–H groups in total. The second-order valence-electron chi connectivity index (χ2n) is 9.14. The molecule has 6 rings (SSSR count). The molecule has 0 spiro atoms. The molecule has 0 aromatic rings. The van der Waals surface area contributed by atoms with Crippen LogP contribution in [0.25, 0.3) is 0 Å². The third-order valence-electron chi connectivity index (χ3n) is 7.70. The van der Waals surface area contributed by atoms with Crippen LogP contribution in [-0.2, 0) is 0 Å². The van der Waals surface area contributed by atoms with E-state index in [1.165, 1.54) is 36.3 Å². The van der Waals surface area contributed by atoms with Crippen LogP contribution in [0.4, 0.5) is 0 Å². The summed E-state index contributed by atoms with van der Waals surface area (Å²) in [5.41, 5.74) is 4.91. The summed E-state index contributed by atoms with van der Waals surface area (Å²) in [7, 11) is 0. The molecule has 0 saturated heterocycles. The number of hydrogen-bond acceptors (Lipinski definition) is 0. The van der Waals surface area contributed by atoms with Crippen molar-refractivity contribution in [2.45, 2.75) is 64.0 Å². The standard InChI is InChI=1S/C20H30Se/c1-19(2)15-7-5-13(17(19)9-15)11-21-12-14-6-8-16-10-18(14)20(16,3)4/h5-6,15-18H,7-12H2,1-4H3/t15-,16-,17-,18-/m0/s1. The molecule has 0 amide bonds. The minimum atomic E-state index is 0.619. The summed E-state index contributed by atoms with van der Waals surface area (Å²) in [4.78, 5) is 0. The molecule has 0 heterocycles. The van der Waals surface area contributed by atoms with E-state index in [1.54, 1.807) is 0 Å². The van der Waals surface area contributed by atoms with Crippen molar-refractivity contribution in [1.82, 2.24) is 0 Å². The van der Waals surface area contributed by atoms with Crippen molar-refractivity contribution in [3.63, 3.8) is 0 Å². The van der Waals surface area contributed by atoms with Crippen molar-refractivity contribution in [1.29, 1.82) is 0 Å². The van der Waals surface area contributed by atoms with Crippen molar-refractivity contribution in [3.05, 3.63) is 23.3 Å². The van der Waals surface area contributed by atoms with Crippen LogP contribution in [0.5, 0.6) is 0 Å². The number of fused-ring (bicyclic) bond motifs is 2. The molecule has 0 aromatic heterocycles. The van der Waals surface area contributed by atoms with Crippen LogP contribution in [0, 0.1) is 34.5 Å². The molecule has 6 aliphatic carbocycles. The van der Waals surface area contributed by atoms with E-state index < -0.39 is 0 Å². The molecule has 0 nitrogen and oxygen atoms in total. The fourth-order valence-corrected chi connectivity index (χ4v) is 8.11. The maximum absolute atomic E-state index is 2.62. The van der Waals surface area contributed by atoms with E-state index in [9.17, 15) is 0 Å². The number of rotatable bonds is 4. The Balaban J connectivity index is 1.33. The van der Waals surface area contributed by atoms with Gasteiger partial charge in [0.15, 0.2) is 0 Å². The van der Waals surface area contributed by atoms with Crippen LogP contribution < -0.4 is 0 Å². The Morgan fingerprint density at radius 1 is 0.857 bits per heavy atom.